The average molecular weight is 216 g/mol. The summed E-state index contributed by atoms with van der Waals surface area (Å²) in [6, 6.07) is -0.127. The molecule has 0 aliphatic carbocycles. The largest absolute Gasteiger partial charge is 0.409 e. The molecular formula is C9H20N4O2. The molecular weight excluding hydrogens is 196 g/mol. The van der Waals surface area contributed by atoms with Crippen LogP contribution in [0.1, 0.15) is 20.8 Å². The van der Waals surface area contributed by atoms with Gasteiger partial charge in [0.2, 0.25) is 0 Å². The number of nitrogens with zero attached hydrogens (tertiary/aromatic N) is 2. The van der Waals surface area contributed by atoms with E-state index in [0.717, 1.165) is 0 Å². The van der Waals surface area contributed by atoms with E-state index in [1.807, 2.05) is 13.8 Å². The lowest BCUT2D eigenvalue weighted by Gasteiger charge is -2.20. The Morgan fingerprint density at radius 3 is 2.47 bits per heavy atom. The number of urea groups is 1. The van der Waals surface area contributed by atoms with Crippen molar-refractivity contribution in [3.63, 3.8) is 0 Å². The van der Waals surface area contributed by atoms with Crippen LogP contribution in [0.4, 0.5) is 4.79 Å². The molecule has 0 fully saturated rings. The first-order chi connectivity index (χ1) is 7.06. The summed E-state index contributed by atoms with van der Waals surface area (Å²) in [4.78, 5) is 13.2. The van der Waals surface area contributed by atoms with Gasteiger partial charge in [-0.25, -0.2) is 4.79 Å². The highest BCUT2D eigenvalue weighted by atomic mass is 16.4. The second-order valence-electron chi connectivity index (χ2n) is 3.28. The molecule has 0 saturated carbocycles. The first-order valence-corrected chi connectivity index (χ1v) is 5.06. The van der Waals surface area contributed by atoms with E-state index >= 15 is 0 Å². The molecule has 15 heavy (non-hydrogen) atoms. The van der Waals surface area contributed by atoms with Gasteiger partial charge in [-0.3, -0.25) is 0 Å². The Hall–Kier alpha value is -1.46. The van der Waals surface area contributed by atoms with E-state index in [2.05, 4.69) is 10.5 Å². The maximum absolute atomic E-state index is 11.5. The minimum atomic E-state index is -0.172. The van der Waals surface area contributed by atoms with Crippen molar-refractivity contribution in [1.29, 1.82) is 0 Å². The SMILES string of the molecule is CCN(CC)C(=O)NCC(C)C(N)=NO. The maximum atomic E-state index is 11.5. The van der Waals surface area contributed by atoms with Crippen LogP contribution in [0.5, 0.6) is 0 Å². The Morgan fingerprint density at radius 1 is 1.53 bits per heavy atom. The van der Waals surface area contributed by atoms with Gasteiger partial charge in [-0.05, 0) is 13.8 Å². The number of oxime groups is 1. The molecule has 0 aromatic rings. The van der Waals surface area contributed by atoms with Crippen molar-refractivity contribution in [2.45, 2.75) is 20.8 Å². The van der Waals surface area contributed by atoms with Gasteiger partial charge in [-0.2, -0.15) is 0 Å². The Morgan fingerprint density at radius 2 is 2.07 bits per heavy atom. The van der Waals surface area contributed by atoms with Gasteiger partial charge in [0.15, 0.2) is 0 Å². The van der Waals surface area contributed by atoms with Crippen LogP contribution in [0.3, 0.4) is 0 Å². The van der Waals surface area contributed by atoms with Crippen LogP contribution in [0.15, 0.2) is 5.16 Å². The molecule has 0 heterocycles. The van der Waals surface area contributed by atoms with Gasteiger partial charge in [-0.1, -0.05) is 12.1 Å². The van der Waals surface area contributed by atoms with E-state index < -0.39 is 0 Å². The molecule has 0 bridgehead atoms. The number of hydrogen-bond donors (Lipinski definition) is 3. The van der Waals surface area contributed by atoms with Crippen LogP contribution in [0.2, 0.25) is 0 Å². The Kier molecular flexibility index (Phi) is 6.24. The summed E-state index contributed by atoms with van der Waals surface area (Å²) in [5.41, 5.74) is 5.38. The molecule has 4 N–H and O–H groups in total. The van der Waals surface area contributed by atoms with Crippen LogP contribution in [0.25, 0.3) is 0 Å². The second kappa shape index (κ2) is 6.92. The third-order valence-corrected chi connectivity index (χ3v) is 2.23. The lowest BCUT2D eigenvalue weighted by atomic mass is 10.1. The minimum Gasteiger partial charge on any atom is -0.409 e. The molecule has 0 aromatic carbocycles. The van der Waals surface area contributed by atoms with Crippen molar-refractivity contribution < 1.29 is 10.0 Å². The van der Waals surface area contributed by atoms with Crippen LogP contribution < -0.4 is 11.1 Å². The highest BCUT2D eigenvalue weighted by Gasteiger charge is 2.12. The van der Waals surface area contributed by atoms with Crippen molar-refractivity contribution in [3.8, 4) is 0 Å². The molecule has 6 heteroatoms. The number of carbonyl (C=O) groups excluding carboxylic acids is 1. The van der Waals surface area contributed by atoms with Gasteiger partial charge in [-0.15, -0.1) is 0 Å². The number of amides is 2. The normalized spacial score (nSPS) is 13.4. The summed E-state index contributed by atoms with van der Waals surface area (Å²) >= 11 is 0. The zero-order chi connectivity index (χ0) is 11.8. The molecule has 0 aliphatic heterocycles. The van der Waals surface area contributed by atoms with Crippen LogP contribution in [-0.2, 0) is 0 Å². The Bertz CT molecular complexity index is 226. The van der Waals surface area contributed by atoms with Gasteiger partial charge in [0.1, 0.15) is 5.84 Å². The second-order valence-corrected chi connectivity index (χ2v) is 3.28. The fraction of sp³-hybridized carbons (Fsp3) is 0.778. The van der Waals surface area contributed by atoms with Gasteiger partial charge < -0.3 is 21.2 Å². The van der Waals surface area contributed by atoms with E-state index in [1.54, 1.807) is 11.8 Å². The highest BCUT2D eigenvalue weighted by Crippen LogP contribution is 1.94. The molecule has 88 valence electrons. The van der Waals surface area contributed by atoms with E-state index in [0.29, 0.717) is 19.6 Å². The molecule has 0 aliphatic rings. The molecule has 2 amide bonds. The molecule has 0 spiro atoms. The number of rotatable bonds is 5. The van der Waals surface area contributed by atoms with Gasteiger partial charge in [0.25, 0.3) is 0 Å². The summed E-state index contributed by atoms with van der Waals surface area (Å²) < 4.78 is 0. The summed E-state index contributed by atoms with van der Waals surface area (Å²) in [6.45, 7) is 7.30. The molecule has 6 nitrogen and oxygen atoms in total. The fourth-order valence-corrected chi connectivity index (χ4v) is 1.07. The van der Waals surface area contributed by atoms with Gasteiger partial charge >= 0.3 is 6.03 Å². The zero-order valence-corrected chi connectivity index (χ0v) is 9.53. The maximum Gasteiger partial charge on any atom is 0.317 e. The van der Waals surface area contributed by atoms with E-state index in [9.17, 15) is 4.79 Å². The minimum absolute atomic E-state index is 0.120. The summed E-state index contributed by atoms with van der Waals surface area (Å²) in [5.74, 6) is -0.0515. The van der Waals surface area contributed by atoms with Crippen LogP contribution in [-0.4, -0.2) is 41.6 Å². The summed E-state index contributed by atoms with van der Waals surface area (Å²) in [5, 5.41) is 14.0. The third kappa shape index (κ3) is 4.53. The number of nitrogens with one attached hydrogen (secondary N) is 1. The van der Waals surface area contributed by atoms with Crippen molar-refractivity contribution >= 4 is 11.9 Å². The first-order valence-electron chi connectivity index (χ1n) is 5.06. The lowest BCUT2D eigenvalue weighted by Crippen LogP contribution is -2.43. The van der Waals surface area contributed by atoms with E-state index in [4.69, 9.17) is 10.9 Å². The summed E-state index contributed by atoms with van der Waals surface area (Å²) in [6.07, 6.45) is 0. The molecule has 1 atom stereocenters. The van der Waals surface area contributed by atoms with E-state index in [-0.39, 0.29) is 17.8 Å². The molecule has 0 rings (SSSR count). The van der Waals surface area contributed by atoms with Gasteiger partial charge in [0.05, 0.1) is 0 Å². The zero-order valence-electron chi connectivity index (χ0n) is 9.53. The van der Waals surface area contributed by atoms with Crippen LogP contribution in [0, 0.1) is 5.92 Å². The van der Waals surface area contributed by atoms with Crippen molar-refractivity contribution in [3.05, 3.63) is 0 Å². The third-order valence-electron chi connectivity index (χ3n) is 2.23. The van der Waals surface area contributed by atoms with E-state index in [1.165, 1.54) is 0 Å². The Balaban J connectivity index is 4.00. The topological polar surface area (TPSA) is 91.0 Å². The average Bonchev–Trinajstić information content (AvgIpc) is 2.26. The predicted molar refractivity (Wildman–Crippen MR) is 58.9 cm³/mol. The standard InChI is InChI=1S/C9H20N4O2/c1-4-13(5-2)9(14)11-6-7(3)8(10)12-15/h7,15H,4-6H2,1-3H3,(H2,10,12)(H,11,14). The van der Waals surface area contributed by atoms with Crippen molar-refractivity contribution in [2.24, 2.45) is 16.8 Å². The highest BCUT2D eigenvalue weighted by molar-refractivity contribution is 5.83. The number of carbonyl (C=O) groups is 1. The quantitative estimate of drug-likeness (QED) is 0.269. The molecule has 0 radical (unpaired) electrons. The summed E-state index contributed by atoms with van der Waals surface area (Å²) in [7, 11) is 0. The Labute approximate surface area is 90.1 Å². The molecule has 1 unspecified atom stereocenters. The number of nitrogens with two attached hydrogens (primary N) is 1. The number of hydrogen-bond acceptors (Lipinski definition) is 3. The van der Waals surface area contributed by atoms with Gasteiger partial charge in [0, 0.05) is 25.6 Å². The van der Waals surface area contributed by atoms with Crippen molar-refractivity contribution in [1.82, 2.24) is 10.2 Å². The molecule has 0 aromatic heterocycles. The van der Waals surface area contributed by atoms with Crippen molar-refractivity contribution in [2.75, 3.05) is 19.6 Å². The fourth-order valence-electron chi connectivity index (χ4n) is 1.07. The number of amidine groups is 1. The molecule has 0 saturated heterocycles. The first kappa shape index (κ1) is 13.5. The van der Waals surface area contributed by atoms with Crippen LogP contribution >= 0.6 is 0 Å². The smallest absolute Gasteiger partial charge is 0.317 e. The lowest BCUT2D eigenvalue weighted by molar-refractivity contribution is 0.202. The predicted octanol–water partition coefficient (Wildman–Crippen LogP) is 0.420. The monoisotopic (exact) mass is 216 g/mol.